The van der Waals surface area contributed by atoms with E-state index in [1.54, 1.807) is 30.5 Å². The van der Waals surface area contributed by atoms with Gasteiger partial charge in [-0.15, -0.1) is 0 Å². The molecule has 0 fully saturated rings. The van der Waals surface area contributed by atoms with Crippen LogP contribution in [0.2, 0.25) is 5.02 Å². The number of rotatable bonds is 1. The average Bonchev–Trinajstić information content (AvgIpc) is 2.83. The largest absolute Gasteiger partial charge is 0.454 e. The van der Waals surface area contributed by atoms with E-state index < -0.39 is 0 Å². The van der Waals surface area contributed by atoms with Crippen molar-refractivity contribution in [3.8, 4) is 11.5 Å². The first-order valence-electron chi connectivity index (χ1n) is 4.97. The minimum absolute atomic E-state index is 0.127. The van der Waals surface area contributed by atoms with Crippen molar-refractivity contribution in [1.29, 1.82) is 0 Å². The topological polar surface area (TPSA) is 58.9 Å². The third kappa shape index (κ3) is 1.72. The van der Waals surface area contributed by atoms with Gasteiger partial charge < -0.3 is 4.42 Å². The van der Waals surface area contributed by atoms with Crippen LogP contribution in [-0.2, 0) is 0 Å². The minimum Gasteiger partial charge on any atom is -0.454 e. The molecule has 0 radical (unpaired) electrons. The number of hydrogen-bond acceptors (Lipinski definition) is 3. The molecule has 2 heterocycles. The molecule has 5 heteroatoms. The minimum atomic E-state index is -0.127. The molecule has 2 aromatic heterocycles. The van der Waals surface area contributed by atoms with E-state index in [4.69, 9.17) is 16.0 Å². The van der Waals surface area contributed by atoms with Crippen LogP contribution in [0.5, 0.6) is 0 Å². The van der Waals surface area contributed by atoms with Gasteiger partial charge >= 0.3 is 0 Å². The summed E-state index contributed by atoms with van der Waals surface area (Å²) >= 11 is 5.83. The number of aromatic amines is 1. The number of nitrogens with zero attached hydrogens (tertiary/aromatic N) is 1. The smallest absolute Gasteiger partial charge is 0.193 e. The van der Waals surface area contributed by atoms with Crippen LogP contribution in [0.15, 0.2) is 45.7 Å². The van der Waals surface area contributed by atoms with E-state index in [0.29, 0.717) is 27.4 Å². The summed E-state index contributed by atoms with van der Waals surface area (Å²) in [6.45, 7) is 0. The SMILES string of the molecule is O=c1cc(-c2ccn[nH]2)oc2ccc(Cl)cc12. The average molecular weight is 247 g/mol. The van der Waals surface area contributed by atoms with Gasteiger partial charge in [0.25, 0.3) is 0 Å². The number of nitrogens with one attached hydrogen (secondary N) is 1. The lowest BCUT2D eigenvalue weighted by molar-refractivity contribution is 0.616. The number of hydrogen-bond donors (Lipinski definition) is 1. The second kappa shape index (κ2) is 3.75. The summed E-state index contributed by atoms with van der Waals surface area (Å²) in [4.78, 5) is 11.9. The first-order valence-corrected chi connectivity index (χ1v) is 5.35. The van der Waals surface area contributed by atoms with Gasteiger partial charge in [0, 0.05) is 17.3 Å². The summed E-state index contributed by atoms with van der Waals surface area (Å²) in [5.74, 6) is 0.460. The van der Waals surface area contributed by atoms with Gasteiger partial charge in [0.15, 0.2) is 11.2 Å². The number of halogens is 1. The predicted octanol–water partition coefficient (Wildman–Crippen LogP) is 2.84. The maximum absolute atomic E-state index is 11.9. The highest BCUT2D eigenvalue weighted by Crippen LogP contribution is 2.22. The Labute approximate surface area is 101 Å². The lowest BCUT2D eigenvalue weighted by atomic mass is 10.2. The van der Waals surface area contributed by atoms with Crippen LogP contribution >= 0.6 is 11.6 Å². The Bertz CT molecular complexity index is 732. The summed E-state index contributed by atoms with van der Waals surface area (Å²) in [6.07, 6.45) is 1.60. The molecule has 0 saturated heterocycles. The molecule has 0 spiro atoms. The van der Waals surface area contributed by atoms with Gasteiger partial charge in [-0.1, -0.05) is 11.6 Å². The van der Waals surface area contributed by atoms with Crippen LogP contribution in [0.4, 0.5) is 0 Å². The number of benzene rings is 1. The van der Waals surface area contributed by atoms with E-state index in [1.807, 2.05) is 0 Å². The normalized spacial score (nSPS) is 10.9. The van der Waals surface area contributed by atoms with Crippen LogP contribution in [0.3, 0.4) is 0 Å². The van der Waals surface area contributed by atoms with E-state index in [-0.39, 0.29) is 5.43 Å². The fourth-order valence-corrected chi connectivity index (χ4v) is 1.83. The Hall–Kier alpha value is -2.07. The number of H-pyrrole nitrogens is 1. The van der Waals surface area contributed by atoms with Crippen molar-refractivity contribution in [3.63, 3.8) is 0 Å². The van der Waals surface area contributed by atoms with Crippen molar-refractivity contribution in [3.05, 3.63) is 51.8 Å². The van der Waals surface area contributed by atoms with Gasteiger partial charge in [-0.05, 0) is 24.3 Å². The van der Waals surface area contributed by atoms with Crippen LogP contribution in [0.1, 0.15) is 0 Å². The molecule has 4 nitrogen and oxygen atoms in total. The predicted molar refractivity (Wildman–Crippen MR) is 65.1 cm³/mol. The molecule has 0 amide bonds. The molecule has 3 aromatic rings. The molecule has 0 aliphatic rings. The van der Waals surface area contributed by atoms with Crippen LogP contribution < -0.4 is 5.43 Å². The summed E-state index contributed by atoms with van der Waals surface area (Å²) in [5, 5.41) is 7.55. The highest BCUT2D eigenvalue weighted by molar-refractivity contribution is 6.31. The van der Waals surface area contributed by atoms with Gasteiger partial charge in [-0.25, -0.2) is 0 Å². The zero-order valence-electron chi connectivity index (χ0n) is 8.61. The molecule has 0 aliphatic carbocycles. The Balaban J connectivity index is 2.32. The molecule has 0 unspecified atom stereocenters. The third-order valence-electron chi connectivity index (χ3n) is 2.46. The zero-order chi connectivity index (χ0) is 11.8. The molecular weight excluding hydrogens is 240 g/mol. The van der Waals surface area contributed by atoms with E-state index in [9.17, 15) is 4.79 Å². The van der Waals surface area contributed by atoms with Crippen LogP contribution in [0, 0.1) is 0 Å². The van der Waals surface area contributed by atoms with Crippen LogP contribution in [0.25, 0.3) is 22.4 Å². The Morgan fingerprint density at radius 1 is 1.24 bits per heavy atom. The van der Waals surface area contributed by atoms with E-state index in [1.165, 1.54) is 6.07 Å². The van der Waals surface area contributed by atoms with E-state index in [0.717, 1.165) is 0 Å². The molecule has 0 bridgehead atoms. The quantitative estimate of drug-likeness (QED) is 0.718. The number of fused-ring (bicyclic) bond motifs is 1. The van der Waals surface area contributed by atoms with Gasteiger partial charge in [0.2, 0.25) is 0 Å². The Kier molecular flexibility index (Phi) is 2.23. The molecule has 1 aromatic carbocycles. The zero-order valence-corrected chi connectivity index (χ0v) is 9.36. The monoisotopic (exact) mass is 246 g/mol. The fraction of sp³-hybridized carbons (Fsp3) is 0. The summed E-state index contributed by atoms with van der Waals surface area (Å²) in [6, 6.07) is 8.12. The maximum Gasteiger partial charge on any atom is 0.193 e. The van der Waals surface area contributed by atoms with Crippen molar-refractivity contribution in [1.82, 2.24) is 10.2 Å². The Morgan fingerprint density at radius 2 is 2.12 bits per heavy atom. The van der Waals surface area contributed by atoms with Gasteiger partial charge in [-0.2, -0.15) is 5.10 Å². The molecule has 84 valence electrons. The molecule has 1 N–H and O–H groups in total. The summed E-state index contributed by atoms with van der Waals surface area (Å²) in [7, 11) is 0. The van der Waals surface area contributed by atoms with Crippen LogP contribution in [-0.4, -0.2) is 10.2 Å². The van der Waals surface area contributed by atoms with Crippen molar-refractivity contribution in [2.45, 2.75) is 0 Å². The highest BCUT2D eigenvalue weighted by atomic mass is 35.5. The summed E-state index contributed by atoms with van der Waals surface area (Å²) in [5.41, 5.74) is 1.05. The van der Waals surface area contributed by atoms with Gasteiger partial charge in [-0.3, -0.25) is 9.89 Å². The third-order valence-corrected chi connectivity index (χ3v) is 2.69. The highest BCUT2D eigenvalue weighted by Gasteiger charge is 2.07. The standard InChI is InChI=1S/C12H7ClN2O2/c13-7-1-2-11-8(5-7)10(16)6-12(17-11)9-3-4-14-15-9/h1-6H,(H,14,15). The summed E-state index contributed by atoms with van der Waals surface area (Å²) < 4.78 is 5.61. The fourth-order valence-electron chi connectivity index (χ4n) is 1.65. The Morgan fingerprint density at radius 3 is 2.88 bits per heavy atom. The molecule has 17 heavy (non-hydrogen) atoms. The second-order valence-corrected chi connectivity index (χ2v) is 4.02. The van der Waals surface area contributed by atoms with Crippen molar-refractivity contribution in [2.75, 3.05) is 0 Å². The van der Waals surface area contributed by atoms with Crippen molar-refractivity contribution < 1.29 is 4.42 Å². The van der Waals surface area contributed by atoms with Gasteiger partial charge in [0.1, 0.15) is 11.3 Å². The van der Waals surface area contributed by atoms with Gasteiger partial charge in [0.05, 0.1) is 5.39 Å². The van der Waals surface area contributed by atoms with Crippen molar-refractivity contribution >= 4 is 22.6 Å². The first-order chi connectivity index (χ1) is 8.24. The molecular formula is C12H7ClN2O2. The molecule has 3 rings (SSSR count). The second-order valence-electron chi connectivity index (χ2n) is 3.59. The molecule has 0 aliphatic heterocycles. The lowest BCUT2D eigenvalue weighted by Gasteiger charge is -2.00. The van der Waals surface area contributed by atoms with E-state index in [2.05, 4.69) is 10.2 Å². The molecule has 0 atom stereocenters. The number of aromatic nitrogens is 2. The van der Waals surface area contributed by atoms with E-state index >= 15 is 0 Å². The first kappa shape index (κ1) is 10.1. The van der Waals surface area contributed by atoms with Crippen molar-refractivity contribution in [2.24, 2.45) is 0 Å². The molecule has 0 saturated carbocycles. The lowest BCUT2D eigenvalue weighted by Crippen LogP contribution is -2.00. The maximum atomic E-state index is 11.9.